The van der Waals surface area contributed by atoms with Crippen LogP contribution in [0.5, 0.6) is 0 Å². The lowest BCUT2D eigenvalue weighted by Crippen LogP contribution is -2.15. The summed E-state index contributed by atoms with van der Waals surface area (Å²) in [5.41, 5.74) is 3.19. The normalized spacial score (nSPS) is 18.1. The molecular weight excluding hydrogens is 376 g/mol. The fraction of sp³-hybridized carbons (Fsp3) is 0.350. The summed E-state index contributed by atoms with van der Waals surface area (Å²) in [6, 6.07) is 7.97. The minimum absolute atomic E-state index is 0.000661. The molecule has 0 unspecified atom stereocenters. The molecule has 0 saturated heterocycles. The van der Waals surface area contributed by atoms with Crippen LogP contribution in [0.4, 0.5) is 0 Å². The molecule has 3 aromatic heterocycles. The monoisotopic (exact) mass is 396 g/mol. The third-order valence-electron chi connectivity index (χ3n) is 5.22. The summed E-state index contributed by atoms with van der Waals surface area (Å²) in [6.07, 6.45) is 3.21. The van der Waals surface area contributed by atoms with E-state index in [1.165, 1.54) is 10.4 Å². The van der Waals surface area contributed by atoms with Gasteiger partial charge in [0.05, 0.1) is 21.7 Å². The van der Waals surface area contributed by atoms with Gasteiger partial charge >= 0.3 is 0 Å². The van der Waals surface area contributed by atoms with Crippen molar-refractivity contribution in [3.63, 3.8) is 0 Å². The molecule has 0 spiro atoms. The Morgan fingerprint density at radius 2 is 2.11 bits per heavy atom. The van der Waals surface area contributed by atoms with Crippen LogP contribution >= 0.6 is 23.1 Å². The summed E-state index contributed by atoms with van der Waals surface area (Å²) in [6.45, 7) is 4.33. The largest absolute Gasteiger partial charge is 0.333 e. The Balaban J connectivity index is 1.49. The molecule has 0 fully saturated rings. The zero-order chi connectivity index (χ0) is 18.5. The molecule has 2 atom stereocenters. The first-order valence-electron chi connectivity index (χ1n) is 9.24. The summed E-state index contributed by atoms with van der Waals surface area (Å²) >= 11 is 3.28. The molecule has 0 amide bonds. The minimum Gasteiger partial charge on any atom is -0.333 e. The number of nitrogens with zero attached hydrogens (tertiary/aromatic N) is 2. The average molecular weight is 397 g/mol. The molecule has 1 aromatic carbocycles. The Morgan fingerprint density at radius 3 is 2.96 bits per heavy atom. The van der Waals surface area contributed by atoms with Gasteiger partial charge in [-0.3, -0.25) is 4.79 Å². The van der Waals surface area contributed by atoms with E-state index in [0.717, 1.165) is 45.7 Å². The second-order valence-electron chi connectivity index (χ2n) is 7.30. The first kappa shape index (κ1) is 17.0. The molecule has 5 nitrogen and oxygen atoms in total. The van der Waals surface area contributed by atoms with E-state index in [1.54, 1.807) is 23.1 Å². The van der Waals surface area contributed by atoms with Crippen LogP contribution in [0, 0.1) is 5.92 Å². The Kier molecular flexibility index (Phi) is 4.09. The fourth-order valence-corrected chi connectivity index (χ4v) is 6.04. The molecule has 1 aliphatic rings. The lowest BCUT2D eigenvalue weighted by atomic mass is 9.89. The van der Waals surface area contributed by atoms with Gasteiger partial charge in [-0.05, 0) is 49.8 Å². The number of hydrogen-bond acceptors (Lipinski definition) is 5. The maximum absolute atomic E-state index is 12.8. The minimum atomic E-state index is -0.000825. The number of thiophene rings is 1. The quantitative estimate of drug-likeness (QED) is 0.486. The van der Waals surface area contributed by atoms with Crippen LogP contribution in [-0.4, -0.2) is 19.9 Å². The van der Waals surface area contributed by atoms with Crippen LogP contribution in [0.3, 0.4) is 0 Å². The third kappa shape index (κ3) is 2.99. The van der Waals surface area contributed by atoms with Crippen LogP contribution in [0.25, 0.3) is 21.3 Å². The van der Waals surface area contributed by atoms with E-state index in [-0.39, 0.29) is 10.8 Å². The predicted octanol–water partition coefficient (Wildman–Crippen LogP) is 4.84. The number of nitrogens with one attached hydrogen (secondary N) is 2. The molecule has 2 N–H and O–H groups in total. The van der Waals surface area contributed by atoms with Crippen LogP contribution in [0.15, 0.2) is 34.2 Å². The molecule has 0 saturated carbocycles. The summed E-state index contributed by atoms with van der Waals surface area (Å²) in [7, 11) is 0. The molecule has 0 aliphatic heterocycles. The van der Waals surface area contributed by atoms with E-state index < -0.39 is 0 Å². The third-order valence-corrected chi connectivity index (χ3v) is 7.37. The second kappa shape index (κ2) is 6.49. The Hall–Kier alpha value is -2.12. The number of aromatic amines is 2. The topological polar surface area (TPSA) is 74.4 Å². The summed E-state index contributed by atoms with van der Waals surface area (Å²) in [5.74, 6) is 1.40. The summed E-state index contributed by atoms with van der Waals surface area (Å²) in [5, 5.41) is 1.65. The number of aryl methyl sites for hydroxylation is 1. The van der Waals surface area contributed by atoms with Gasteiger partial charge in [-0.2, -0.15) is 0 Å². The standard InChI is InChI=1S/C20H20N4OS2/c1-10-7-8-12-15(9-10)27-19-16(12)18(25)23-17(24-19)11(2)26-20-21-13-5-3-4-6-14(13)22-20/h3-6,10-11H,7-9H2,1-2H3,(H,21,22)(H,23,24,25)/t10-,11+/m1/s1. The molecule has 0 radical (unpaired) electrons. The Bertz CT molecular complexity index is 1170. The van der Waals surface area contributed by atoms with Gasteiger partial charge in [0.2, 0.25) is 0 Å². The molecule has 27 heavy (non-hydrogen) atoms. The average Bonchev–Trinajstić information content (AvgIpc) is 3.21. The van der Waals surface area contributed by atoms with Crippen LogP contribution in [-0.2, 0) is 12.8 Å². The summed E-state index contributed by atoms with van der Waals surface area (Å²) < 4.78 is 0. The molecule has 138 valence electrons. The first-order chi connectivity index (χ1) is 13.1. The van der Waals surface area contributed by atoms with Crippen LogP contribution < -0.4 is 5.56 Å². The molecular formula is C20H20N4OS2. The number of rotatable bonds is 3. The zero-order valence-electron chi connectivity index (χ0n) is 15.2. The lowest BCUT2D eigenvalue weighted by molar-refractivity contribution is 0.509. The van der Waals surface area contributed by atoms with Crippen LogP contribution in [0.1, 0.15) is 41.8 Å². The molecule has 5 rings (SSSR count). The van der Waals surface area contributed by atoms with Crippen molar-refractivity contribution in [1.29, 1.82) is 0 Å². The summed E-state index contributed by atoms with van der Waals surface area (Å²) in [4.78, 5) is 30.8. The van der Waals surface area contributed by atoms with Gasteiger partial charge in [0.25, 0.3) is 5.56 Å². The number of H-pyrrole nitrogens is 2. The van der Waals surface area contributed by atoms with E-state index in [9.17, 15) is 4.79 Å². The van der Waals surface area contributed by atoms with E-state index in [4.69, 9.17) is 4.98 Å². The number of hydrogen-bond donors (Lipinski definition) is 2. The van der Waals surface area contributed by atoms with Gasteiger partial charge in [-0.1, -0.05) is 30.8 Å². The number of benzene rings is 1. The van der Waals surface area contributed by atoms with E-state index >= 15 is 0 Å². The Morgan fingerprint density at radius 1 is 1.26 bits per heavy atom. The van der Waals surface area contributed by atoms with Gasteiger partial charge in [0.1, 0.15) is 10.7 Å². The smallest absolute Gasteiger partial charge is 0.259 e. The molecule has 1 aliphatic carbocycles. The Labute approximate surface area is 164 Å². The van der Waals surface area contributed by atoms with Crippen molar-refractivity contribution in [3.8, 4) is 0 Å². The highest BCUT2D eigenvalue weighted by molar-refractivity contribution is 7.99. The van der Waals surface area contributed by atoms with Crippen molar-refractivity contribution in [2.45, 2.75) is 43.5 Å². The van der Waals surface area contributed by atoms with Gasteiger partial charge in [-0.25, -0.2) is 9.97 Å². The number of aromatic nitrogens is 4. The van der Waals surface area contributed by atoms with E-state index in [1.807, 2.05) is 24.3 Å². The zero-order valence-corrected chi connectivity index (χ0v) is 16.8. The van der Waals surface area contributed by atoms with Crippen molar-refractivity contribution >= 4 is 44.3 Å². The predicted molar refractivity (Wildman–Crippen MR) is 112 cm³/mol. The fourth-order valence-electron chi connectivity index (χ4n) is 3.77. The molecule has 7 heteroatoms. The SMILES string of the molecule is C[C@@H]1CCc2c(sc3nc([C@H](C)Sc4nc5ccccc5[nH]4)[nH]c(=O)c23)C1. The van der Waals surface area contributed by atoms with E-state index in [0.29, 0.717) is 11.7 Å². The highest BCUT2D eigenvalue weighted by Crippen LogP contribution is 2.37. The highest BCUT2D eigenvalue weighted by Gasteiger charge is 2.24. The van der Waals surface area contributed by atoms with Gasteiger partial charge in [0.15, 0.2) is 5.16 Å². The maximum atomic E-state index is 12.8. The number of imidazole rings is 1. The highest BCUT2D eigenvalue weighted by atomic mass is 32.2. The lowest BCUT2D eigenvalue weighted by Gasteiger charge is -2.17. The van der Waals surface area contributed by atoms with Crippen molar-refractivity contribution in [2.24, 2.45) is 5.92 Å². The molecule has 3 heterocycles. The maximum Gasteiger partial charge on any atom is 0.259 e. The number of thioether (sulfide) groups is 1. The van der Waals surface area contributed by atoms with Gasteiger partial charge in [-0.15, -0.1) is 11.3 Å². The van der Waals surface area contributed by atoms with Crippen molar-refractivity contribution in [2.75, 3.05) is 0 Å². The number of para-hydroxylation sites is 2. The second-order valence-corrected chi connectivity index (χ2v) is 9.72. The van der Waals surface area contributed by atoms with Crippen LogP contribution in [0.2, 0.25) is 0 Å². The van der Waals surface area contributed by atoms with Crippen molar-refractivity contribution in [1.82, 2.24) is 19.9 Å². The first-order valence-corrected chi connectivity index (χ1v) is 10.9. The van der Waals surface area contributed by atoms with Gasteiger partial charge < -0.3 is 9.97 Å². The molecule has 4 aromatic rings. The van der Waals surface area contributed by atoms with E-state index in [2.05, 4.69) is 28.8 Å². The number of fused-ring (bicyclic) bond motifs is 4. The van der Waals surface area contributed by atoms with Crippen molar-refractivity contribution < 1.29 is 0 Å². The van der Waals surface area contributed by atoms with Crippen molar-refractivity contribution in [3.05, 3.63) is 50.9 Å². The molecule has 0 bridgehead atoms. The van der Waals surface area contributed by atoms with Gasteiger partial charge in [0, 0.05) is 4.88 Å².